The van der Waals surface area contributed by atoms with Gasteiger partial charge in [-0.15, -0.1) is 0 Å². The number of carbonyl (C=O) groups is 2. The van der Waals surface area contributed by atoms with Gasteiger partial charge in [0.2, 0.25) is 11.8 Å². The van der Waals surface area contributed by atoms with Crippen LogP contribution in [0.3, 0.4) is 0 Å². The molecule has 0 aliphatic carbocycles. The molecule has 1 saturated heterocycles. The third-order valence-electron chi connectivity index (χ3n) is 4.73. The van der Waals surface area contributed by atoms with E-state index in [1.165, 1.54) is 6.33 Å². The van der Waals surface area contributed by atoms with Crippen molar-refractivity contribution in [1.29, 1.82) is 0 Å². The van der Waals surface area contributed by atoms with E-state index in [1.54, 1.807) is 9.80 Å². The van der Waals surface area contributed by atoms with Crippen LogP contribution >= 0.6 is 0 Å². The van der Waals surface area contributed by atoms with Crippen LogP contribution in [0.1, 0.15) is 37.9 Å². The highest BCUT2D eigenvalue weighted by molar-refractivity contribution is 5.84. The molecule has 1 aromatic rings. The zero-order valence-corrected chi connectivity index (χ0v) is 13.5. The van der Waals surface area contributed by atoms with Crippen molar-refractivity contribution in [3.05, 3.63) is 27.9 Å². The first-order chi connectivity index (χ1) is 11.0. The normalized spacial score (nSPS) is 21.5. The van der Waals surface area contributed by atoms with Crippen LogP contribution in [0.5, 0.6) is 0 Å². The summed E-state index contributed by atoms with van der Waals surface area (Å²) in [7, 11) is 0. The van der Waals surface area contributed by atoms with Crippen molar-refractivity contribution in [3.63, 3.8) is 0 Å². The average molecular weight is 318 g/mol. The van der Waals surface area contributed by atoms with E-state index < -0.39 is 0 Å². The van der Waals surface area contributed by atoms with Crippen molar-refractivity contribution < 1.29 is 9.59 Å². The van der Waals surface area contributed by atoms with E-state index in [1.807, 2.05) is 13.8 Å². The molecule has 0 saturated carbocycles. The Bertz CT molecular complexity index is 682. The number of nitrogens with one attached hydrogen (secondary N) is 1. The second-order valence-electron chi connectivity index (χ2n) is 6.54. The van der Waals surface area contributed by atoms with E-state index in [0.29, 0.717) is 44.5 Å². The molecule has 1 fully saturated rings. The molecule has 2 aliphatic heterocycles. The van der Waals surface area contributed by atoms with E-state index in [9.17, 15) is 14.4 Å². The minimum Gasteiger partial charge on any atom is -0.339 e. The molecular weight excluding hydrogens is 296 g/mol. The summed E-state index contributed by atoms with van der Waals surface area (Å²) < 4.78 is 0. The Balaban J connectivity index is 1.73. The molecule has 0 spiro atoms. The summed E-state index contributed by atoms with van der Waals surface area (Å²) in [4.78, 5) is 46.9. The second-order valence-corrected chi connectivity index (χ2v) is 6.54. The number of likely N-dealkylation sites (tertiary alicyclic amines) is 1. The van der Waals surface area contributed by atoms with Crippen molar-refractivity contribution in [3.8, 4) is 0 Å². The second kappa shape index (κ2) is 6.14. The van der Waals surface area contributed by atoms with Gasteiger partial charge in [-0.3, -0.25) is 14.4 Å². The van der Waals surface area contributed by atoms with Crippen LogP contribution in [0.2, 0.25) is 0 Å². The minimum atomic E-state index is -0.174. The van der Waals surface area contributed by atoms with E-state index in [2.05, 4.69) is 9.97 Å². The first-order valence-electron chi connectivity index (χ1n) is 8.11. The zero-order chi connectivity index (χ0) is 16.6. The molecule has 7 nitrogen and oxygen atoms in total. The molecular formula is C16H22N4O3. The lowest BCUT2D eigenvalue weighted by molar-refractivity contribution is -0.144. The van der Waals surface area contributed by atoms with Crippen molar-refractivity contribution in [2.75, 3.05) is 13.1 Å². The predicted octanol–water partition coefficient (Wildman–Crippen LogP) is 0.302. The Labute approximate surface area is 134 Å². The standard InChI is InChI=1S/C16H22N4O3/c1-10(2)20-7-11(3-4-14(20)21)16(23)19-6-5-13-12(8-19)15(22)18-9-17-13/h9-11H,3-8H2,1-2H3,(H,17,18,22)/t11-/m0/s1. The van der Waals surface area contributed by atoms with Gasteiger partial charge in [0.25, 0.3) is 5.56 Å². The van der Waals surface area contributed by atoms with E-state index in [-0.39, 0.29) is 29.3 Å². The van der Waals surface area contributed by atoms with Crippen LogP contribution in [-0.2, 0) is 22.6 Å². The van der Waals surface area contributed by atoms with Crippen molar-refractivity contribution in [2.24, 2.45) is 5.92 Å². The summed E-state index contributed by atoms with van der Waals surface area (Å²) in [6.07, 6.45) is 3.02. The summed E-state index contributed by atoms with van der Waals surface area (Å²) in [5.74, 6) is -0.0156. The number of rotatable bonds is 2. The molecule has 0 radical (unpaired) electrons. The van der Waals surface area contributed by atoms with Crippen LogP contribution < -0.4 is 5.56 Å². The number of H-pyrrole nitrogens is 1. The highest BCUT2D eigenvalue weighted by atomic mass is 16.2. The van der Waals surface area contributed by atoms with Gasteiger partial charge in [0.1, 0.15) is 0 Å². The molecule has 0 bridgehead atoms. The quantitative estimate of drug-likeness (QED) is 0.850. The van der Waals surface area contributed by atoms with Crippen molar-refractivity contribution >= 4 is 11.8 Å². The van der Waals surface area contributed by atoms with Gasteiger partial charge in [-0.2, -0.15) is 0 Å². The summed E-state index contributed by atoms with van der Waals surface area (Å²) in [6.45, 7) is 5.29. The number of carbonyl (C=O) groups excluding carboxylic acids is 2. The fourth-order valence-electron chi connectivity index (χ4n) is 3.37. The maximum atomic E-state index is 12.8. The maximum absolute atomic E-state index is 12.8. The number of fused-ring (bicyclic) bond motifs is 1. The van der Waals surface area contributed by atoms with Crippen LogP contribution in [0.25, 0.3) is 0 Å². The van der Waals surface area contributed by atoms with E-state index in [4.69, 9.17) is 0 Å². The molecule has 2 amide bonds. The summed E-state index contributed by atoms with van der Waals surface area (Å²) in [6, 6.07) is 0.104. The van der Waals surface area contributed by atoms with Gasteiger partial charge < -0.3 is 14.8 Å². The zero-order valence-electron chi connectivity index (χ0n) is 13.5. The topological polar surface area (TPSA) is 86.4 Å². The van der Waals surface area contributed by atoms with Crippen LogP contribution in [0.4, 0.5) is 0 Å². The molecule has 23 heavy (non-hydrogen) atoms. The molecule has 1 N–H and O–H groups in total. The van der Waals surface area contributed by atoms with Gasteiger partial charge in [-0.1, -0.05) is 0 Å². The Kier molecular flexibility index (Phi) is 4.19. The first-order valence-corrected chi connectivity index (χ1v) is 8.11. The lowest BCUT2D eigenvalue weighted by Gasteiger charge is -2.37. The third kappa shape index (κ3) is 3.00. The Morgan fingerprint density at radius 1 is 1.35 bits per heavy atom. The molecule has 1 aromatic heterocycles. The molecule has 3 heterocycles. The van der Waals surface area contributed by atoms with Crippen molar-refractivity contribution in [1.82, 2.24) is 19.8 Å². The fourth-order valence-corrected chi connectivity index (χ4v) is 3.37. The molecule has 0 aromatic carbocycles. The summed E-state index contributed by atoms with van der Waals surface area (Å²) in [5.41, 5.74) is 1.19. The number of amides is 2. The Hall–Kier alpha value is -2.18. The van der Waals surface area contributed by atoms with E-state index in [0.717, 1.165) is 5.69 Å². The third-order valence-corrected chi connectivity index (χ3v) is 4.73. The Morgan fingerprint density at radius 2 is 2.13 bits per heavy atom. The van der Waals surface area contributed by atoms with Gasteiger partial charge in [0, 0.05) is 32.0 Å². The largest absolute Gasteiger partial charge is 0.339 e. The highest BCUT2D eigenvalue weighted by Gasteiger charge is 2.35. The summed E-state index contributed by atoms with van der Waals surface area (Å²) >= 11 is 0. The number of aromatic nitrogens is 2. The molecule has 124 valence electrons. The van der Waals surface area contributed by atoms with Crippen molar-refractivity contribution in [2.45, 2.75) is 45.7 Å². The number of nitrogens with zero attached hydrogens (tertiary/aromatic N) is 3. The van der Waals surface area contributed by atoms with Gasteiger partial charge in [-0.25, -0.2) is 4.98 Å². The average Bonchev–Trinajstić information content (AvgIpc) is 2.54. The van der Waals surface area contributed by atoms with Gasteiger partial charge in [-0.05, 0) is 20.3 Å². The fraction of sp³-hybridized carbons (Fsp3) is 0.625. The van der Waals surface area contributed by atoms with Crippen LogP contribution in [0.15, 0.2) is 11.1 Å². The smallest absolute Gasteiger partial charge is 0.255 e. The number of hydrogen-bond donors (Lipinski definition) is 1. The van der Waals surface area contributed by atoms with Crippen LogP contribution in [-0.4, -0.2) is 50.7 Å². The number of hydrogen-bond acceptors (Lipinski definition) is 4. The molecule has 3 rings (SSSR count). The lowest BCUT2D eigenvalue weighted by atomic mass is 9.94. The highest BCUT2D eigenvalue weighted by Crippen LogP contribution is 2.24. The molecule has 1 atom stereocenters. The Morgan fingerprint density at radius 3 is 2.87 bits per heavy atom. The lowest BCUT2D eigenvalue weighted by Crippen LogP contribution is -2.50. The first kappa shape index (κ1) is 15.7. The molecule has 0 unspecified atom stereocenters. The minimum absolute atomic E-state index is 0.0389. The predicted molar refractivity (Wildman–Crippen MR) is 83.6 cm³/mol. The maximum Gasteiger partial charge on any atom is 0.255 e. The monoisotopic (exact) mass is 318 g/mol. The van der Waals surface area contributed by atoms with Crippen LogP contribution in [0, 0.1) is 5.92 Å². The summed E-state index contributed by atoms with van der Waals surface area (Å²) in [5, 5.41) is 0. The van der Waals surface area contributed by atoms with Gasteiger partial charge in [0.05, 0.1) is 30.0 Å². The number of piperidine rings is 1. The molecule has 2 aliphatic rings. The van der Waals surface area contributed by atoms with Gasteiger partial charge >= 0.3 is 0 Å². The number of aromatic amines is 1. The SMILES string of the molecule is CC(C)N1C[C@@H](C(=O)N2CCc3nc[nH]c(=O)c3C2)CCC1=O. The van der Waals surface area contributed by atoms with Gasteiger partial charge in [0.15, 0.2) is 0 Å². The van der Waals surface area contributed by atoms with E-state index >= 15 is 0 Å². The molecule has 7 heteroatoms.